The van der Waals surface area contributed by atoms with E-state index in [1.807, 2.05) is 23.1 Å². The summed E-state index contributed by atoms with van der Waals surface area (Å²) in [4.78, 5) is 18.1. The lowest BCUT2D eigenvalue weighted by Gasteiger charge is -2.33. The molecule has 2 heterocycles. The van der Waals surface area contributed by atoms with Gasteiger partial charge in [0, 0.05) is 44.2 Å². The highest BCUT2D eigenvalue weighted by Gasteiger charge is 2.30. The number of morpholine rings is 1. The van der Waals surface area contributed by atoms with Crippen LogP contribution in [0.1, 0.15) is 23.1 Å². The van der Waals surface area contributed by atoms with E-state index >= 15 is 0 Å². The summed E-state index contributed by atoms with van der Waals surface area (Å²) in [6.45, 7) is 5.76. The van der Waals surface area contributed by atoms with Crippen molar-refractivity contribution in [2.45, 2.75) is 25.8 Å². The molecule has 0 aromatic heterocycles. The molecule has 31 heavy (non-hydrogen) atoms. The Morgan fingerprint density at radius 2 is 1.87 bits per heavy atom. The Morgan fingerprint density at radius 1 is 1.03 bits per heavy atom. The van der Waals surface area contributed by atoms with Gasteiger partial charge in [-0.3, -0.25) is 9.69 Å². The first-order valence-corrected chi connectivity index (χ1v) is 11.3. The largest absolute Gasteiger partial charge is 0.454 e. The van der Waals surface area contributed by atoms with E-state index in [1.165, 1.54) is 11.1 Å². The molecule has 0 radical (unpaired) electrons. The standard InChI is InChI=1S/C25H30N2O4/c28-25(21-9-8-19-4-1-2-5-20(19)16-21)27(11-10-26-12-14-29-15-13-26)17-22-6-3-7-23-24(22)31-18-30-23/h1-7,21H,8-18H2/t21-/m1/s1. The summed E-state index contributed by atoms with van der Waals surface area (Å²) < 4.78 is 16.7. The predicted molar refractivity (Wildman–Crippen MR) is 117 cm³/mol. The van der Waals surface area contributed by atoms with Gasteiger partial charge in [0.2, 0.25) is 12.7 Å². The number of benzene rings is 2. The second-order valence-electron chi connectivity index (χ2n) is 8.57. The molecule has 1 aliphatic carbocycles. The molecule has 0 bridgehead atoms. The summed E-state index contributed by atoms with van der Waals surface area (Å²) in [6, 6.07) is 14.5. The minimum atomic E-state index is 0.0357. The number of para-hydroxylation sites is 1. The highest BCUT2D eigenvalue weighted by molar-refractivity contribution is 5.79. The van der Waals surface area contributed by atoms with Crippen molar-refractivity contribution in [1.29, 1.82) is 0 Å². The number of ether oxygens (including phenoxy) is 3. The van der Waals surface area contributed by atoms with Crippen LogP contribution in [-0.4, -0.2) is 61.9 Å². The average molecular weight is 423 g/mol. The van der Waals surface area contributed by atoms with E-state index in [0.29, 0.717) is 13.1 Å². The van der Waals surface area contributed by atoms with Gasteiger partial charge in [0.05, 0.1) is 13.2 Å². The lowest BCUT2D eigenvalue weighted by Crippen LogP contribution is -2.45. The molecule has 6 nitrogen and oxygen atoms in total. The van der Waals surface area contributed by atoms with Gasteiger partial charge in [-0.15, -0.1) is 0 Å². The molecule has 1 fully saturated rings. The van der Waals surface area contributed by atoms with Gasteiger partial charge in [-0.05, 0) is 36.5 Å². The predicted octanol–water partition coefficient (Wildman–Crippen LogP) is 2.88. The fraction of sp³-hybridized carbons (Fsp3) is 0.480. The minimum absolute atomic E-state index is 0.0357. The summed E-state index contributed by atoms with van der Waals surface area (Å²) in [6.07, 6.45) is 2.72. The number of aryl methyl sites for hydroxylation is 1. The highest BCUT2D eigenvalue weighted by atomic mass is 16.7. The van der Waals surface area contributed by atoms with Crippen molar-refractivity contribution in [1.82, 2.24) is 9.80 Å². The molecule has 3 aliphatic rings. The first-order chi connectivity index (χ1) is 15.3. The highest BCUT2D eigenvalue weighted by Crippen LogP contribution is 2.36. The van der Waals surface area contributed by atoms with Crippen molar-refractivity contribution in [2.75, 3.05) is 46.2 Å². The Labute approximate surface area is 183 Å². The van der Waals surface area contributed by atoms with E-state index in [4.69, 9.17) is 14.2 Å². The van der Waals surface area contributed by atoms with E-state index < -0.39 is 0 Å². The Balaban J connectivity index is 1.33. The van der Waals surface area contributed by atoms with Crippen molar-refractivity contribution in [2.24, 2.45) is 5.92 Å². The van der Waals surface area contributed by atoms with Gasteiger partial charge < -0.3 is 19.1 Å². The van der Waals surface area contributed by atoms with E-state index in [9.17, 15) is 4.79 Å². The summed E-state index contributed by atoms with van der Waals surface area (Å²) in [7, 11) is 0. The van der Waals surface area contributed by atoms with E-state index in [1.54, 1.807) is 0 Å². The van der Waals surface area contributed by atoms with Crippen molar-refractivity contribution >= 4 is 5.91 Å². The topological polar surface area (TPSA) is 51.2 Å². The van der Waals surface area contributed by atoms with Gasteiger partial charge in [0.1, 0.15) is 0 Å². The van der Waals surface area contributed by atoms with Gasteiger partial charge in [-0.1, -0.05) is 36.4 Å². The molecule has 1 amide bonds. The molecule has 0 saturated carbocycles. The van der Waals surface area contributed by atoms with Gasteiger partial charge in [0.15, 0.2) is 11.5 Å². The van der Waals surface area contributed by atoms with Crippen molar-refractivity contribution in [3.63, 3.8) is 0 Å². The zero-order valence-corrected chi connectivity index (χ0v) is 17.9. The fourth-order valence-corrected chi connectivity index (χ4v) is 4.84. The lowest BCUT2D eigenvalue weighted by atomic mass is 9.83. The van der Waals surface area contributed by atoms with Crippen LogP contribution >= 0.6 is 0 Å². The molecule has 6 heteroatoms. The number of carbonyl (C=O) groups is 1. The first kappa shape index (κ1) is 20.3. The van der Waals surface area contributed by atoms with Crippen molar-refractivity contribution in [3.05, 3.63) is 59.2 Å². The van der Waals surface area contributed by atoms with Crippen LogP contribution in [-0.2, 0) is 28.9 Å². The lowest BCUT2D eigenvalue weighted by molar-refractivity contribution is -0.137. The maximum atomic E-state index is 13.7. The Bertz CT molecular complexity index is 925. The monoisotopic (exact) mass is 422 g/mol. The quantitative estimate of drug-likeness (QED) is 0.717. The number of fused-ring (bicyclic) bond motifs is 2. The Hall–Kier alpha value is -2.57. The third-order valence-electron chi connectivity index (χ3n) is 6.64. The van der Waals surface area contributed by atoms with Crippen LogP contribution in [0, 0.1) is 5.92 Å². The number of amides is 1. The molecule has 164 valence electrons. The van der Waals surface area contributed by atoms with E-state index in [0.717, 1.165) is 69.2 Å². The van der Waals surface area contributed by atoms with E-state index in [-0.39, 0.29) is 18.6 Å². The molecule has 0 unspecified atom stereocenters. The third kappa shape index (κ3) is 4.55. The van der Waals surface area contributed by atoms with Gasteiger partial charge in [-0.2, -0.15) is 0 Å². The van der Waals surface area contributed by atoms with Crippen molar-refractivity contribution in [3.8, 4) is 11.5 Å². The molecular formula is C25H30N2O4. The summed E-state index contributed by atoms with van der Waals surface area (Å²) in [5.74, 6) is 1.83. The number of hydrogen-bond donors (Lipinski definition) is 0. The van der Waals surface area contributed by atoms with Crippen LogP contribution < -0.4 is 9.47 Å². The summed E-state index contributed by atoms with van der Waals surface area (Å²) >= 11 is 0. The second-order valence-corrected chi connectivity index (χ2v) is 8.57. The van der Waals surface area contributed by atoms with E-state index in [2.05, 4.69) is 29.2 Å². The third-order valence-corrected chi connectivity index (χ3v) is 6.64. The zero-order valence-electron chi connectivity index (χ0n) is 17.9. The maximum Gasteiger partial charge on any atom is 0.231 e. The fourth-order valence-electron chi connectivity index (χ4n) is 4.84. The summed E-state index contributed by atoms with van der Waals surface area (Å²) in [5.41, 5.74) is 3.72. The molecule has 5 rings (SSSR count). The Kier molecular flexibility index (Phi) is 6.09. The minimum Gasteiger partial charge on any atom is -0.454 e. The molecular weight excluding hydrogens is 392 g/mol. The molecule has 2 aromatic rings. The van der Waals surface area contributed by atoms with Crippen molar-refractivity contribution < 1.29 is 19.0 Å². The molecule has 0 N–H and O–H groups in total. The number of rotatable bonds is 6. The molecule has 0 spiro atoms. The normalized spacial score (nSPS) is 20.3. The SMILES string of the molecule is O=C([C@@H]1CCc2ccccc2C1)N(CCN1CCOCC1)Cc1cccc2c1OCO2. The van der Waals surface area contributed by atoms with Crippen LogP contribution in [0.25, 0.3) is 0 Å². The van der Waals surface area contributed by atoms with Gasteiger partial charge in [-0.25, -0.2) is 0 Å². The first-order valence-electron chi connectivity index (χ1n) is 11.3. The molecule has 1 atom stereocenters. The average Bonchev–Trinajstić information content (AvgIpc) is 3.31. The van der Waals surface area contributed by atoms with Crippen LogP contribution in [0.5, 0.6) is 11.5 Å². The van der Waals surface area contributed by atoms with Crippen LogP contribution in [0.3, 0.4) is 0 Å². The number of nitrogens with zero attached hydrogens (tertiary/aromatic N) is 2. The smallest absolute Gasteiger partial charge is 0.231 e. The van der Waals surface area contributed by atoms with Crippen LogP contribution in [0.2, 0.25) is 0 Å². The maximum absolute atomic E-state index is 13.7. The van der Waals surface area contributed by atoms with Crippen LogP contribution in [0.4, 0.5) is 0 Å². The molecule has 2 aliphatic heterocycles. The van der Waals surface area contributed by atoms with Gasteiger partial charge in [0.25, 0.3) is 0 Å². The van der Waals surface area contributed by atoms with Crippen LogP contribution in [0.15, 0.2) is 42.5 Å². The van der Waals surface area contributed by atoms with Gasteiger partial charge >= 0.3 is 0 Å². The zero-order chi connectivity index (χ0) is 21.0. The number of carbonyl (C=O) groups excluding carboxylic acids is 1. The Morgan fingerprint density at radius 3 is 2.74 bits per heavy atom. The number of hydrogen-bond acceptors (Lipinski definition) is 5. The molecule has 2 aromatic carbocycles. The summed E-state index contributed by atoms with van der Waals surface area (Å²) in [5, 5.41) is 0. The second kappa shape index (κ2) is 9.28. The molecule has 1 saturated heterocycles.